The Hall–Kier alpha value is 0.600. The lowest BCUT2D eigenvalue weighted by atomic mass is 9.82. The van der Waals surface area contributed by atoms with Crippen molar-refractivity contribution < 1.29 is 0 Å². The van der Waals surface area contributed by atoms with Crippen molar-refractivity contribution >= 4 is 24.2 Å². The Kier molecular flexibility index (Phi) is 8.12. The highest BCUT2D eigenvalue weighted by Gasteiger charge is 2.34. The number of rotatable bonds is 5. The smallest absolute Gasteiger partial charge is 0.0648 e. The molecular weight excluding hydrogens is 226 g/mol. The molecule has 0 spiro atoms. The molecule has 1 unspecified atom stereocenters. The second-order valence-electron chi connectivity index (χ2n) is 4.47. The van der Waals surface area contributed by atoms with Gasteiger partial charge in [-0.3, -0.25) is 0 Å². The molecule has 0 amide bonds. The maximum absolute atomic E-state index is 6.56. The first-order chi connectivity index (χ1) is 6.73. The second kappa shape index (κ2) is 7.81. The largest absolute Gasteiger partial charge is 0.317 e. The Morgan fingerprint density at radius 2 is 1.80 bits per heavy atom. The van der Waals surface area contributed by atoms with E-state index in [2.05, 4.69) is 13.8 Å². The summed E-state index contributed by atoms with van der Waals surface area (Å²) in [7, 11) is 0. The van der Waals surface area contributed by atoms with E-state index in [0.29, 0.717) is 0 Å². The first-order valence-electron chi connectivity index (χ1n) is 6.15. The van der Waals surface area contributed by atoms with Crippen molar-refractivity contribution in [3.63, 3.8) is 0 Å². The molecule has 3 heteroatoms. The van der Waals surface area contributed by atoms with Crippen molar-refractivity contribution in [1.29, 1.82) is 0 Å². The van der Waals surface area contributed by atoms with E-state index >= 15 is 0 Å². The molecule has 15 heavy (non-hydrogen) atoms. The van der Waals surface area contributed by atoms with E-state index in [-0.39, 0.29) is 17.3 Å². The maximum atomic E-state index is 6.56. The van der Waals surface area contributed by atoms with Crippen LogP contribution in [-0.2, 0) is 0 Å². The Morgan fingerprint density at radius 3 is 2.27 bits per heavy atom. The summed E-state index contributed by atoms with van der Waals surface area (Å²) in [5.74, 6) is 1.94. The van der Waals surface area contributed by atoms with Gasteiger partial charge in [0.05, 0.1) is 4.87 Å². The van der Waals surface area contributed by atoms with E-state index in [4.69, 9.17) is 5.73 Å². The minimum atomic E-state index is 0. The van der Waals surface area contributed by atoms with Crippen LogP contribution in [0.1, 0.15) is 58.8 Å². The fourth-order valence-corrected chi connectivity index (χ4v) is 4.00. The zero-order chi connectivity index (χ0) is 10.4. The van der Waals surface area contributed by atoms with Crippen LogP contribution in [0, 0.1) is 5.92 Å². The highest BCUT2D eigenvalue weighted by Crippen LogP contribution is 2.40. The summed E-state index contributed by atoms with van der Waals surface area (Å²) in [6.45, 7) is 4.48. The fraction of sp³-hybridized carbons (Fsp3) is 1.00. The van der Waals surface area contributed by atoms with Crippen LogP contribution in [0.4, 0.5) is 0 Å². The summed E-state index contributed by atoms with van der Waals surface area (Å²) in [6.07, 6.45) is 9.37. The molecule has 1 rings (SSSR count). The van der Waals surface area contributed by atoms with Crippen LogP contribution in [0.3, 0.4) is 0 Å². The standard InChI is InChI=1S/C12H25NS.ClH/c1-3-10-12(13,14-4-2)11-8-6-5-7-9-11;/h11H,3-10,13H2,1-2H3;1H. The van der Waals surface area contributed by atoms with Gasteiger partial charge in [-0.15, -0.1) is 24.2 Å². The molecule has 0 aromatic rings. The van der Waals surface area contributed by atoms with Gasteiger partial charge in [-0.1, -0.05) is 39.5 Å². The third kappa shape index (κ3) is 4.54. The summed E-state index contributed by atoms with van der Waals surface area (Å²) in [6, 6.07) is 0. The molecule has 0 aromatic heterocycles. The van der Waals surface area contributed by atoms with Crippen molar-refractivity contribution in [3.8, 4) is 0 Å². The zero-order valence-electron chi connectivity index (χ0n) is 10.1. The lowest BCUT2D eigenvalue weighted by Gasteiger charge is -2.39. The van der Waals surface area contributed by atoms with Crippen LogP contribution in [0.2, 0.25) is 0 Å². The van der Waals surface area contributed by atoms with E-state index in [1.165, 1.54) is 44.9 Å². The maximum Gasteiger partial charge on any atom is 0.0648 e. The third-order valence-corrected chi connectivity index (χ3v) is 4.71. The van der Waals surface area contributed by atoms with Crippen LogP contribution in [0.15, 0.2) is 0 Å². The van der Waals surface area contributed by atoms with Gasteiger partial charge in [0.25, 0.3) is 0 Å². The summed E-state index contributed by atoms with van der Waals surface area (Å²) in [5, 5.41) is 0. The number of hydrogen-bond donors (Lipinski definition) is 1. The van der Waals surface area contributed by atoms with Gasteiger partial charge in [0.1, 0.15) is 0 Å². The number of thioether (sulfide) groups is 1. The molecule has 0 heterocycles. The van der Waals surface area contributed by atoms with Crippen molar-refractivity contribution in [3.05, 3.63) is 0 Å². The van der Waals surface area contributed by atoms with E-state index in [0.717, 1.165) is 11.7 Å². The van der Waals surface area contributed by atoms with Gasteiger partial charge in [-0.2, -0.15) is 0 Å². The minimum Gasteiger partial charge on any atom is -0.317 e. The molecular formula is C12H26ClNS. The fourth-order valence-electron chi connectivity index (χ4n) is 2.64. The molecule has 0 saturated heterocycles. The van der Waals surface area contributed by atoms with Crippen LogP contribution in [0.25, 0.3) is 0 Å². The SMILES string of the molecule is CCCC(N)(SCC)C1CCCCC1.Cl. The van der Waals surface area contributed by atoms with Gasteiger partial charge >= 0.3 is 0 Å². The molecule has 1 aliphatic rings. The first-order valence-corrected chi connectivity index (χ1v) is 7.14. The van der Waals surface area contributed by atoms with Crippen molar-refractivity contribution in [2.24, 2.45) is 11.7 Å². The normalized spacial score (nSPS) is 21.8. The molecule has 0 bridgehead atoms. The summed E-state index contributed by atoms with van der Waals surface area (Å²) in [4.78, 5) is 0.0872. The van der Waals surface area contributed by atoms with Crippen molar-refractivity contribution in [2.45, 2.75) is 63.7 Å². The van der Waals surface area contributed by atoms with Crippen LogP contribution in [0.5, 0.6) is 0 Å². The summed E-state index contributed by atoms with van der Waals surface area (Å²) >= 11 is 1.99. The molecule has 1 atom stereocenters. The number of hydrogen-bond acceptors (Lipinski definition) is 2. The van der Waals surface area contributed by atoms with Crippen molar-refractivity contribution in [2.75, 3.05) is 5.75 Å². The van der Waals surface area contributed by atoms with Gasteiger partial charge in [0.15, 0.2) is 0 Å². The Morgan fingerprint density at radius 1 is 1.20 bits per heavy atom. The predicted molar refractivity (Wildman–Crippen MR) is 73.8 cm³/mol. The quantitative estimate of drug-likeness (QED) is 0.742. The molecule has 0 radical (unpaired) electrons. The van der Waals surface area contributed by atoms with Gasteiger partial charge in [-0.25, -0.2) is 0 Å². The average molecular weight is 252 g/mol. The zero-order valence-corrected chi connectivity index (χ0v) is 11.8. The monoisotopic (exact) mass is 251 g/mol. The van der Waals surface area contributed by atoms with Gasteiger partial charge < -0.3 is 5.73 Å². The van der Waals surface area contributed by atoms with Crippen LogP contribution < -0.4 is 5.73 Å². The lowest BCUT2D eigenvalue weighted by Crippen LogP contribution is -2.45. The highest BCUT2D eigenvalue weighted by molar-refractivity contribution is 8.00. The number of nitrogens with two attached hydrogens (primary N) is 1. The molecule has 92 valence electrons. The number of halogens is 1. The molecule has 0 aliphatic heterocycles. The molecule has 1 saturated carbocycles. The third-order valence-electron chi connectivity index (χ3n) is 3.35. The molecule has 0 aromatic carbocycles. The van der Waals surface area contributed by atoms with E-state index in [1.807, 2.05) is 11.8 Å². The molecule has 2 N–H and O–H groups in total. The Balaban J connectivity index is 0.00000196. The van der Waals surface area contributed by atoms with Gasteiger partial charge in [0.2, 0.25) is 0 Å². The lowest BCUT2D eigenvalue weighted by molar-refractivity contribution is 0.270. The molecule has 1 aliphatic carbocycles. The van der Waals surface area contributed by atoms with Crippen molar-refractivity contribution in [1.82, 2.24) is 0 Å². The van der Waals surface area contributed by atoms with Crippen LogP contribution >= 0.6 is 24.2 Å². The average Bonchev–Trinajstić information content (AvgIpc) is 2.20. The minimum absolute atomic E-state index is 0. The highest BCUT2D eigenvalue weighted by atomic mass is 35.5. The van der Waals surface area contributed by atoms with Gasteiger partial charge in [0, 0.05) is 0 Å². The Labute approximate surface area is 105 Å². The van der Waals surface area contributed by atoms with E-state index in [9.17, 15) is 0 Å². The van der Waals surface area contributed by atoms with Crippen LogP contribution in [-0.4, -0.2) is 10.6 Å². The second-order valence-corrected chi connectivity index (χ2v) is 6.10. The first kappa shape index (κ1) is 15.6. The van der Waals surface area contributed by atoms with E-state index in [1.54, 1.807) is 0 Å². The van der Waals surface area contributed by atoms with E-state index < -0.39 is 0 Å². The topological polar surface area (TPSA) is 26.0 Å². The summed E-state index contributed by atoms with van der Waals surface area (Å²) < 4.78 is 0. The molecule has 1 nitrogen and oxygen atoms in total. The summed E-state index contributed by atoms with van der Waals surface area (Å²) in [5.41, 5.74) is 6.56. The molecule has 1 fully saturated rings. The Bertz CT molecular complexity index is 152. The van der Waals surface area contributed by atoms with Gasteiger partial charge in [-0.05, 0) is 30.9 Å². The predicted octanol–water partition coefficient (Wildman–Crippen LogP) is 4.20.